The van der Waals surface area contributed by atoms with Crippen LogP contribution in [0.25, 0.3) is 0 Å². The average molecular weight is 363 g/mol. The molecule has 2 aromatic carbocycles. The molecule has 25 heavy (non-hydrogen) atoms. The van der Waals surface area contributed by atoms with E-state index in [-0.39, 0.29) is 17.5 Å². The maximum absolute atomic E-state index is 13.0. The van der Waals surface area contributed by atoms with E-state index in [1.807, 2.05) is 0 Å². The highest BCUT2D eigenvalue weighted by Gasteiger charge is 2.21. The second kappa shape index (κ2) is 7.53. The van der Waals surface area contributed by atoms with Gasteiger partial charge in [-0.05, 0) is 48.9 Å². The first-order chi connectivity index (χ1) is 12.0. The fourth-order valence-corrected chi connectivity index (χ4v) is 2.78. The van der Waals surface area contributed by atoms with E-state index in [2.05, 4.69) is 5.32 Å². The zero-order valence-electron chi connectivity index (χ0n) is 13.3. The van der Waals surface area contributed by atoms with Crippen molar-refractivity contribution in [1.82, 2.24) is 0 Å². The fraction of sp³-hybridized carbons (Fsp3) is 0.222. The van der Waals surface area contributed by atoms with Crippen LogP contribution >= 0.6 is 11.6 Å². The second-order valence-corrected chi connectivity index (χ2v) is 6.01. The molecule has 3 rings (SSSR count). The first-order valence-corrected chi connectivity index (χ1v) is 8.19. The predicted octanol–water partition coefficient (Wildman–Crippen LogP) is 3.62. The maximum Gasteiger partial charge on any atom is 0.262 e. The Kier molecular flexibility index (Phi) is 5.19. The largest absolute Gasteiger partial charge is 0.484 e. The predicted molar refractivity (Wildman–Crippen MR) is 93.6 cm³/mol. The Labute approximate surface area is 149 Å². The number of amides is 2. The molecule has 0 radical (unpaired) electrons. The van der Waals surface area contributed by atoms with Crippen molar-refractivity contribution in [1.29, 1.82) is 0 Å². The Balaban J connectivity index is 1.54. The smallest absolute Gasteiger partial charge is 0.262 e. The molecule has 0 bridgehead atoms. The van der Waals surface area contributed by atoms with Crippen LogP contribution in [-0.2, 0) is 9.59 Å². The van der Waals surface area contributed by atoms with E-state index in [0.717, 1.165) is 24.7 Å². The van der Waals surface area contributed by atoms with Crippen LogP contribution in [0.1, 0.15) is 12.8 Å². The van der Waals surface area contributed by atoms with Gasteiger partial charge in [-0.3, -0.25) is 9.59 Å². The highest BCUT2D eigenvalue weighted by Crippen LogP contribution is 2.24. The first-order valence-electron chi connectivity index (χ1n) is 7.81. The number of carbonyl (C=O) groups excluding carboxylic acids is 2. The Hall–Kier alpha value is -2.60. The van der Waals surface area contributed by atoms with E-state index in [0.29, 0.717) is 17.9 Å². The third-order valence-electron chi connectivity index (χ3n) is 3.80. The molecule has 1 aliphatic heterocycles. The van der Waals surface area contributed by atoms with Crippen molar-refractivity contribution >= 4 is 34.8 Å². The molecule has 1 saturated heterocycles. The minimum absolute atomic E-state index is 0.115. The standard InChI is InChI=1S/C18H16ClFN2O3/c19-15-10-12(20)3-8-16(15)21-17(23)11-25-14-6-4-13(5-7-14)22-9-1-2-18(22)24/h3-8,10H,1-2,9,11H2,(H,21,23). The molecular weight excluding hydrogens is 347 g/mol. The summed E-state index contributed by atoms with van der Waals surface area (Å²) in [7, 11) is 0. The van der Waals surface area contributed by atoms with Crippen molar-refractivity contribution < 1.29 is 18.7 Å². The van der Waals surface area contributed by atoms with Crippen molar-refractivity contribution in [3.05, 3.63) is 53.3 Å². The molecule has 0 saturated carbocycles. The van der Waals surface area contributed by atoms with Crippen LogP contribution in [0.4, 0.5) is 15.8 Å². The molecular formula is C18H16ClFN2O3. The minimum atomic E-state index is -0.476. The number of nitrogens with one attached hydrogen (secondary N) is 1. The molecule has 0 aliphatic carbocycles. The molecule has 0 atom stereocenters. The third-order valence-corrected chi connectivity index (χ3v) is 4.11. The van der Waals surface area contributed by atoms with Gasteiger partial charge in [-0.15, -0.1) is 0 Å². The number of halogens is 2. The number of nitrogens with zero attached hydrogens (tertiary/aromatic N) is 1. The summed E-state index contributed by atoms with van der Waals surface area (Å²) in [6, 6.07) is 10.7. The van der Waals surface area contributed by atoms with Gasteiger partial charge in [0.05, 0.1) is 10.7 Å². The van der Waals surface area contributed by atoms with Gasteiger partial charge in [0.15, 0.2) is 6.61 Å². The molecule has 0 aromatic heterocycles. The molecule has 0 unspecified atom stereocenters. The average Bonchev–Trinajstić information content (AvgIpc) is 3.02. The van der Waals surface area contributed by atoms with Gasteiger partial charge in [0, 0.05) is 18.7 Å². The summed E-state index contributed by atoms with van der Waals surface area (Å²) in [5.41, 5.74) is 1.14. The van der Waals surface area contributed by atoms with E-state index in [1.165, 1.54) is 12.1 Å². The van der Waals surface area contributed by atoms with Crippen molar-refractivity contribution in [2.45, 2.75) is 12.8 Å². The summed E-state index contributed by atoms with van der Waals surface area (Å²) in [4.78, 5) is 25.3. The van der Waals surface area contributed by atoms with Gasteiger partial charge in [-0.1, -0.05) is 11.6 Å². The molecule has 2 amide bonds. The summed E-state index contributed by atoms with van der Waals surface area (Å²) in [5.74, 6) is -0.261. The topological polar surface area (TPSA) is 58.6 Å². The van der Waals surface area contributed by atoms with Crippen LogP contribution < -0.4 is 15.0 Å². The summed E-state index contributed by atoms with van der Waals surface area (Å²) in [5, 5.41) is 2.67. The Morgan fingerprint density at radius 3 is 2.64 bits per heavy atom. The number of rotatable bonds is 5. The van der Waals surface area contributed by atoms with Crippen molar-refractivity contribution in [2.75, 3.05) is 23.4 Å². The monoisotopic (exact) mass is 362 g/mol. The molecule has 1 heterocycles. The molecule has 1 aliphatic rings. The van der Waals surface area contributed by atoms with Crippen LogP contribution in [-0.4, -0.2) is 25.0 Å². The lowest BCUT2D eigenvalue weighted by Gasteiger charge is -2.16. The number of anilines is 2. The highest BCUT2D eigenvalue weighted by molar-refractivity contribution is 6.33. The lowest BCUT2D eigenvalue weighted by Crippen LogP contribution is -2.23. The molecule has 2 aromatic rings. The van der Waals surface area contributed by atoms with E-state index >= 15 is 0 Å². The van der Waals surface area contributed by atoms with Crippen LogP contribution in [0, 0.1) is 5.82 Å². The van der Waals surface area contributed by atoms with Crippen LogP contribution in [0.5, 0.6) is 5.75 Å². The summed E-state index contributed by atoms with van der Waals surface area (Å²) in [6.07, 6.45) is 1.44. The molecule has 0 spiro atoms. The van der Waals surface area contributed by atoms with Crippen molar-refractivity contribution in [3.63, 3.8) is 0 Å². The number of ether oxygens (including phenoxy) is 1. The van der Waals surface area contributed by atoms with Gasteiger partial charge in [0.2, 0.25) is 5.91 Å². The highest BCUT2D eigenvalue weighted by atomic mass is 35.5. The normalized spacial score (nSPS) is 13.8. The van der Waals surface area contributed by atoms with Gasteiger partial charge in [0.1, 0.15) is 11.6 Å². The second-order valence-electron chi connectivity index (χ2n) is 5.60. The SMILES string of the molecule is O=C(COc1ccc(N2CCCC2=O)cc1)Nc1ccc(F)cc1Cl. The first kappa shape index (κ1) is 17.2. The fourth-order valence-electron chi connectivity index (χ4n) is 2.57. The number of hydrogen-bond acceptors (Lipinski definition) is 3. The number of carbonyl (C=O) groups is 2. The van der Waals surface area contributed by atoms with Gasteiger partial charge in [-0.25, -0.2) is 4.39 Å². The van der Waals surface area contributed by atoms with Crippen LogP contribution in [0.2, 0.25) is 5.02 Å². The quantitative estimate of drug-likeness (QED) is 0.883. The van der Waals surface area contributed by atoms with Crippen LogP contribution in [0.3, 0.4) is 0 Å². The van der Waals surface area contributed by atoms with Gasteiger partial charge < -0.3 is 15.0 Å². The van der Waals surface area contributed by atoms with Crippen molar-refractivity contribution in [3.8, 4) is 5.75 Å². The van der Waals surface area contributed by atoms with E-state index in [4.69, 9.17) is 16.3 Å². The zero-order chi connectivity index (χ0) is 17.8. The Morgan fingerprint density at radius 1 is 1.24 bits per heavy atom. The molecule has 130 valence electrons. The maximum atomic E-state index is 13.0. The summed E-state index contributed by atoms with van der Waals surface area (Å²) in [6.45, 7) is 0.509. The van der Waals surface area contributed by atoms with E-state index in [9.17, 15) is 14.0 Å². The zero-order valence-corrected chi connectivity index (χ0v) is 14.1. The summed E-state index contributed by atoms with van der Waals surface area (Å²) >= 11 is 5.85. The molecule has 1 fully saturated rings. The lowest BCUT2D eigenvalue weighted by atomic mass is 10.3. The number of hydrogen-bond donors (Lipinski definition) is 1. The van der Waals surface area contributed by atoms with E-state index < -0.39 is 11.7 Å². The van der Waals surface area contributed by atoms with Crippen molar-refractivity contribution in [2.24, 2.45) is 0 Å². The van der Waals surface area contributed by atoms with E-state index in [1.54, 1.807) is 29.2 Å². The molecule has 1 N–H and O–H groups in total. The Bertz CT molecular complexity index is 795. The third kappa shape index (κ3) is 4.28. The van der Waals surface area contributed by atoms with Crippen LogP contribution in [0.15, 0.2) is 42.5 Å². The Morgan fingerprint density at radius 2 is 2.00 bits per heavy atom. The molecule has 7 heteroatoms. The minimum Gasteiger partial charge on any atom is -0.484 e. The molecule has 5 nitrogen and oxygen atoms in total. The number of benzene rings is 2. The lowest BCUT2D eigenvalue weighted by molar-refractivity contribution is -0.118. The van der Waals surface area contributed by atoms with Gasteiger partial charge >= 0.3 is 0 Å². The van der Waals surface area contributed by atoms with Gasteiger partial charge in [0.25, 0.3) is 5.91 Å². The summed E-state index contributed by atoms with van der Waals surface area (Å²) < 4.78 is 18.4. The van der Waals surface area contributed by atoms with Gasteiger partial charge in [-0.2, -0.15) is 0 Å².